The largest absolute Gasteiger partial charge is 2.00 e. The molecule has 1 aromatic heterocycles. The Bertz CT molecular complexity index is 75.8. The van der Waals surface area contributed by atoms with Crippen LogP contribution in [0.5, 0.6) is 0 Å². The fourth-order valence-electron chi connectivity index (χ4n) is 0.248. The number of aromatic nitrogens is 1. The van der Waals surface area contributed by atoms with Crippen molar-refractivity contribution in [3.05, 3.63) is 31.5 Å². The minimum atomic E-state index is 0. The van der Waals surface area contributed by atoms with Gasteiger partial charge in [0.2, 0.25) is 0 Å². The van der Waals surface area contributed by atoms with Crippen molar-refractivity contribution in [2.75, 3.05) is 0 Å². The molecule has 0 aliphatic rings. The zero-order valence-electron chi connectivity index (χ0n) is 5.52. The molecule has 1 nitrogen and oxygen atoms in total. The fraction of sp³-hybridized carbons (Fsp3) is 0.286. The van der Waals surface area contributed by atoms with Gasteiger partial charge in [-0.15, -0.1) is 0 Å². The Morgan fingerprint density at radius 3 is 1.78 bits per heavy atom. The summed E-state index contributed by atoms with van der Waals surface area (Å²) in [5, 5.41) is 0. The fourth-order valence-corrected chi connectivity index (χ4v) is 0.248. The van der Waals surface area contributed by atoms with Gasteiger partial charge < -0.3 is 11.9 Å². The molecule has 0 atom stereocenters. The van der Waals surface area contributed by atoms with Crippen LogP contribution in [0.25, 0.3) is 0 Å². The molecule has 0 saturated heterocycles. The van der Waals surface area contributed by atoms with E-state index in [1.54, 1.807) is 12.4 Å². The maximum atomic E-state index is 3.72. The number of nitrogens with zero attached hydrogens (tertiary/aromatic N) is 1. The van der Waals surface area contributed by atoms with Crippen molar-refractivity contribution in [2.24, 2.45) is 0 Å². The molecule has 0 bridgehead atoms. The van der Waals surface area contributed by atoms with Gasteiger partial charge in [0.25, 0.3) is 0 Å². The van der Waals surface area contributed by atoms with Crippen molar-refractivity contribution in [3.63, 3.8) is 0 Å². The standard InChI is InChI=1S/C4H4N.C3H7.Ru/c1-2-4-5-3-1;1-3-2;/h1-4H;1,3H2,2H3;/q2*-1;+2. The molecule has 0 radical (unpaired) electrons. The first-order valence-electron chi connectivity index (χ1n) is 2.72. The Labute approximate surface area is 69.6 Å². The Hall–Kier alpha value is -0.0966. The molecule has 0 saturated carbocycles. The van der Waals surface area contributed by atoms with Gasteiger partial charge in [-0.1, -0.05) is 19.1 Å². The van der Waals surface area contributed by atoms with E-state index in [0.29, 0.717) is 0 Å². The van der Waals surface area contributed by atoms with Gasteiger partial charge in [0.05, 0.1) is 0 Å². The molecular weight excluding hydrogens is 199 g/mol. The van der Waals surface area contributed by atoms with Gasteiger partial charge in [0.15, 0.2) is 0 Å². The molecule has 52 valence electrons. The minimum Gasteiger partial charge on any atom is -0.670 e. The summed E-state index contributed by atoms with van der Waals surface area (Å²) in [7, 11) is 0. The van der Waals surface area contributed by atoms with Crippen molar-refractivity contribution in [1.82, 2.24) is 4.98 Å². The third kappa shape index (κ3) is 11.5. The SMILES string of the molecule is [CH2-]CC.[Ru+2].c1cc[n-]c1. The van der Waals surface area contributed by atoms with Crippen LogP contribution in [-0.4, -0.2) is 0 Å². The zero-order valence-corrected chi connectivity index (χ0v) is 7.26. The van der Waals surface area contributed by atoms with E-state index >= 15 is 0 Å². The number of hydrogen-bond donors (Lipinski definition) is 0. The summed E-state index contributed by atoms with van der Waals surface area (Å²) in [6, 6.07) is 3.78. The second-order valence-electron chi connectivity index (χ2n) is 1.33. The third-order valence-electron chi connectivity index (χ3n) is 0.455. The van der Waals surface area contributed by atoms with Crippen LogP contribution in [0.4, 0.5) is 0 Å². The van der Waals surface area contributed by atoms with Gasteiger partial charge in [0, 0.05) is 0 Å². The van der Waals surface area contributed by atoms with Gasteiger partial charge >= 0.3 is 19.5 Å². The molecule has 1 rings (SSSR count). The van der Waals surface area contributed by atoms with Crippen LogP contribution in [0, 0.1) is 6.92 Å². The van der Waals surface area contributed by atoms with Crippen LogP contribution in [0.2, 0.25) is 0 Å². The molecule has 0 spiro atoms. The van der Waals surface area contributed by atoms with Crippen LogP contribution in [0.3, 0.4) is 0 Å². The smallest absolute Gasteiger partial charge is 0.670 e. The minimum absolute atomic E-state index is 0. The summed E-state index contributed by atoms with van der Waals surface area (Å²) >= 11 is 0. The van der Waals surface area contributed by atoms with Gasteiger partial charge in [-0.2, -0.15) is 18.8 Å². The number of hydrogen-bond acceptors (Lipinski definition) is 0. The van der Waals surface area contributed by atoms with Crippen LogP contribution in [0.15, 0.2) is 24.5 Å². The first-order chi connectivity index (χ1) is 3.91. The predicted octanol–water partition coefficient (Wildman–Crippen LogP) is 1.87. The van der Waals surface area contributed by atoms with E-state index in [1.165, 1.54) is 0 Å². The zero-order chi connectivity index (χ0) is 6.24. The van der Waals surface area contributed by atoms with Crippen LogP contribution < -0.4 is 4.98 Å². The van der Waals surface area contributed by atoms with Crippen molar-refractivity contribution < 1.29 is 19.5 Å². The molecule has 0 aliphatic carbocycles. The second kappa shape index (κ2) is 10.8. The van der Waals surface area contributed by atoms with Crippen molar-refractivity contribution >= 4 is 0 Å². The molecule has 0 aromatic carbocycles. The molecular formula is C7H11NRu. The molecule has 0 unspecified atom stereocenters. The topological polar surface area (TPSA) is 14.1 Å². The first-order valence-corrected chi connectivity index (χ1v) is 2.72. The van der Waals surface area contributed by atoms with Crippen molar-refractivity contribution in [2.45, 2.75) is 13.3 Å². The van der Waals surface area contributed by atoms with Crippen LogP contribution in [0.1, 0.15) is 13.3 Å². The van der Waals surface area contributed by atoms with E-state index in [-0.39, 0.29) is 19.5 Å². The van der Waals surface area contributed by atoms with Gasteiger partial charge in [-0.3, -0.25) is 0 Å². The molecule has 9 heavy (non-hydrogen) atoms. The Balaban J connectivity index is 0. The average Bonchev–Trinajstić information content (AvgIpc) is 2.17. The van der Waals surface area contributed by atoms with E-state index in [0.717, 1.165) is 6.42 Å². The summed E-state index contributed by atoms with van der Waals surface area (Å²) in [5.74, 6) is 0. The van der Waals surface area contributed by atoms with Crippen LogP contribution >= 0.6 is 0 Å². The maximum Gasteiger partial charge on any atom is 2.00 e. The van der Waals surface area contributed by atoms with Gasteiger partial charge in [-0.05, 0) is 0 Å². The molecule has 0 aliphatic heterocycles. The quantitative estimate of drug-likeness (QED) is 0.471. The van der Waals surface area contributed by atoms with Crippen molar-refractivity contribution in [3.8, 4) is 0 Å². The van der Waals surface area contributed by atoms with E-state index in [2.05, 4.69) is 11.9 Å². The first kappa shape index (κ1) is 11.7. The Kier molecular flexibility index (Phi) is 14.0. The maximum absolute atomic E-state index is 3.72. The third-order valence-corrected chi connectivity index (χ3v) is 0.455. The monoisotopic (exact) mass is 211 g/mol. The predicted molar refractivity (Wildman–Crippen MR) is 35.4 cm³/mol. The normalized spacial score (nSPS) is 6.44. The van der Waals surface area contributed by atoms with E-state index < -0.39 is 0 Å². The molecule has 0 amide bonds. The van der Waals surface area contributed by atoms with E-state index in [4.69, 9.17) is 0 Å². The van der Waals surface area contributed by atoms with E-state index in [1.807, 2.05) is 19.1 Å². The average molecular weight is 210 g/mol. The van der Waals surface area contributed by atoms with Crippen molar-refractivity contribution in [1.29, 1.82) is 0 Å². The Morgan fingerprint density at radius 1 is 1.33 bits per heavy atom. The molecule has 0 fully saturated rings. The van der Waals surface area contributed by atoms with E-state index in [9.17, 15) is 0 Å². The van der Waals surface area contributed by atoms with Crippen LogP contribution in [-0.2, 0) is 19.5 Å². The molecule has 1 heterocycles. The molecule has 0 N–H and O–H groups in total. The summed E-state index contributed by atoms with van der Waals surface area (Å²) < 4.78 is 0. The molecule has 2 heteroatoms. The van der Waals surface area contributed by atoms with Gasteiger partial charge in [-0.25, -0.2) is 0 Å². The van der Waals surface area contributed by atoms with Gasteiger partial charge in [0.1, 0.15) is 0 Å². The summed E-state index contributed by atoms with van der Waals surface area (Å²) in [4.78, 5) is 3.72. The summed E-state index contributed by atoms with van der Waals surface area (Å²) in [5.41, 5.74) is 0. The molecule has 1 aromatic rings. The number of rotatable bonds is 0. The second-order valence-corrected chi connectivity index (χ2v) is 1.33. The summed E-state index contributed by atoms with van der Waals surface area (Å²) in [6.45, 7) is 5.50. The Morgan fingerprint density at radius 2 is 1.67 bits per heavy atom. The summed E-state index contributed by atoms with van der Waals surface area (Å²) in [6.07, 6.45) is 4.50.